The summed E-state index contributed by atoms with van der Waals surface area (Å²) in [5, 5.41) is 0.473. The van der Waals surface area contributed by atoms with Gasteiger partial charge < -0.3 is 10.5 Å². The van der Waals surface area contributed by atoms with Crippen molar-refractivity contribution in [2.75, 3.05) is 12.3 Å². The minimum Gasteiger partial charge on any atom is -0.463 e. The van der Waals surface area contributed by atoms with E-state index in [0.29, 0.717) is 17.3 Å². The van der Waals surface area contributed by atoms with Crippen LogP contribution in [-0.4, -0.2) is 12.6 Å². The summed E-state index contributed by atoms with van der Waals surface area (Å²) < 4.78 is 4.73. The molecule has 3 nitrogen and oxygen atoms in total. The number of hydrogen-bond acceptors (Lipinski definition) is 3. The number of halogens is 1. The molecular formula is C11H12ClNO2. The fourth-order valence-corrected chi connectivity index (χ4v) is 1.19. The van der Waals surface area contributed by atoms with Crippen molar-refractivity contribution in [3.05, 3.63) is 34.9 Å². The molecule has 4 heteroatoms. The summed E-state index contributed by atoms with van der Waals surface area (Å²) in [6.45, 7) is 2.12. The third-order valence-corrected chi connectivity index (χ3v) is 2.05. The lowest BCUT2D eigenvalue weighted by molar-refractivity contribution is -0.137. The quantitative estimate of drug-likeness (QED) is 0.489. The van der Waals surface area contributed by atoms with Crippen LogP contribution in [0.2, 0.25) is 5.02 Å². The maximum atomic E-state index is 11.0. The van der Waals surface area contributed by atoms with E-state index >= 15 is 0 Å². The van der Waals surface area contributed by atoms with Crippen LogP contribution < -0.4 is 5.73 Å². The Morgan fingerprint density at radius 3 is 2.93 bits per heavy atom. The van der Waals surface area contributed by atoms with Crippen molar-refractivity contribution >= 4 is 29.3 Å². The molecule has 15 heavy (non-hydrogen) atoms. The Balaban J connectivity index is 2.72. The molecule has 0 saturated heterocycles. The van der Waals surface area contributed by atoms with Gasteiger partial charge in [0.25, 0.3) is 0 Å². The first-order valence-corrected chi connectivity index (χ1v) is 4.91. The Morgan fingerprint density at radius 1 is 1.60 bits per heavy atom. The van der Waals surface area contributed by atoms with Crippen molar-refractivity contribution in [1.82, 2.24) is 0 Å². The molecule has 0 unspecified atom stereocenters. The molecule has 1 aromatic rings. The van der Waals surface area contributed by atoms with Crippen molar-refractivity contribution < 1.29 is 9.53 Å². The second-order valence-electron chi connectivity index (χ2n) is 2.87. The molecule has 0 aliphatic heterocycles. The van der Waals surface area contributed by atoms with Crippen LogP contribution in [0.4, 0.5) is 5.69 Å². The smallest absolute Gasteiger partial charge is 0.330 e. The van der Waals surface area contributed by atoms with Crippen LogP contribution in [0.5, 0.6) is 0 Å². The van der Waals surface area contributed by atoms with Gasteiger partial charge in [0, 0.05) is 6.08 Å². The molecular weight excluding hydrogens is 214 g/mol. The zero-order valence-electron chi connectivity index (χ0n) is 8.37. The first-order valence-electron chi connectivity index (χ1n) is 4.53. The maximum Gasteiger partial charge on any atom is 0.330 e. The predicted molar refractivity (Wildman–Crippen MR) is 61.5 cm³/mol. The lowest BCUT2D eigenvalue weighted by atomic mass is 10.2. The normalized spacial score (nSPS) is 10.5. The van der Waals surface area contributed by atoms with Crippen LogP contribution >= 0.6 is 11.6 Å². The van der Waals surface area contributed by atoms with Crippen LogP contribution in [0.1, 0.15) is 12.5 Å². The van der Waals surface area contributed by atoms with Gasteiger partial charge >= 0.3 is 5.97 Å². The Bertz CT molecular complexity index is 388. The fraction of sp³-hybridized carbons (Fsp3) is 0.182. The molecule has 0 saturated carbocycles. The van der Waals surface area contributed by atoms with E-state index in [1.165, 1.54) is 6.08 Å². The summed E-state index contributed by atoms with van der Waals surface area (Å²) in [6.07, 6.45) is 2.98. The SMILES string of the molecule is CCOC(=O)C=Cc1ccc(N)c(Cl)c1. The molecule has 0 amide bonds. The number of rotatable bonds is 3. The summed E-state index contributed by atoms with van der Waals surface area (Å²) in [5.74, 6) is -0.370. The molecule has 0 aromatic heterocycles. The average molecular weight is 226 g/mol. The summed E-state index contributed by atoms with van der Waals surface area (Å²) in [7, 11) is 0. The van der Waals surface area contributed by atoms with Crippen molar-refractivity contribution in [1.29, 1.82) is 0 Å². The summed E-state index contributed by atoms with van der Waals surface area (Å²) >= 11 is 5.82. The Kier molecular flexibility index (Phi) is 4.18. The number of carbonyl (C=O) groups excluding carboxylic acids is 1. The van der Waals surface area contributed by atoms with Gasteiger partial charge in [-0.15, -0.1) is 0 Å². The van der Waals surface area contributed by atoms with Crippen molar-refractivity contribution in [2.24, 2.45) is 0 Å². The highest BCUT2D eigenvalue weighted by Crippen LogP contribution is 2.20. The van der Waals surface area contributed by atoms with Crippen molar-refractivity contribution in [3.8, 4) is 0 Å². The molecule has 0 atom stereocenters. The number of nitrogens with two attached hydrogens (primary N) is 1. The molecule has 1 aromatic carbocycles. The first kappa shape index (κ1) is 11.6. The van der Waals surface area contributed by atoms with E-state index in [4.69, 9.17) is 22.1 Å². The van der Waals surface area contributed by atoms with Crippen LogP contribution in [0.15, 0.2) is 24.3 Å². The summed E-state index contributed by atoms with van der Waals surface area (Å²) in [6, 6.07) is 5.15. The van der Waals surface area contributed by atoms with Gasteiger partial charge in [0.1, 0.15) is 0 Å². The Labute approximate surface area is 93.5 Å². The number of esters is 1. The van der Waals surface area contributed by atoms with Gasteiger partial charge in [-0.1, -0.05) is 17.7 Å². The third-order valence-electron chi connectivity index (χ3n) is 1.72. The summed E-state index contributed by atoms with van der Waals surface area (Å²) in [4.78, 5) is 11.0. The zero-order chi connectivity index (χ0) is 11.3. The minimum atomic E-state index is -0.370. The molecule has 0 spiro atoms. The largest absolute Gasteiger partial charge is 0.463 e. The Morgan fingerprint density at radius 2 is 2.33 bits per heavy atom. The average Bonchev–Trinajstić information content (AvgIpc) is 2.20. The van der Waals surface area contributed by atoms with E-state index in [1.54, 1.807) is 31.2 Å². The third kappa shape index (κ3) is 3.64. The van der Waals surface area contributed by atoms with E-state index in [9.17, 15) is 4.79 Å². The minimum absolute atomic E-state index is 0.367. The molecule has 0 heterocycles. The molecule has 0 bridgehead atoms. The van der Waals surface area contributed by atoms with Gasteiger partial charge in [0.15, 0.2) is 0 Å². The second kappa shape index (κ2) is 5.41. The highest BCUT2D eigenvalue weighted by atomic mass is 35.5. The zero-order valence-corrected chi connectivity index (χ0v) is 9.12. The van der Waals surface area contributed by atoms with Crippen molar-refractivity contribution in [2.45, 2.75) is 6.92 Å². The maximum absolute atomic E-state index is 11.0. The topological polar surface area (TPSA) is 52.3 Å². The monoisotopic (exact) mass is 225 g/mol. The molecule has 0 fully saturated rings. The van der Waals surface area contributed by atoms with E-state index < -0.39 is 0 Å². The highest BCUT2D eigenvalue weighted by molar-refractivity contribution is 6.33. The number of benzene rings is 1. The van der Waals surface area contributed by atoms with Gasteiger partial charge in [-0.25, -0.2) is 4.79 Å². The molecule has 1 rings (SSSR count). The Hall–Kier alpha value is -1.48. The number of ether oxygens (including phenoxy) is 1. The summed E-state index contributed by atoms with van der Waals surface area (Å²) in [5.41, 5.74) is 6.87. The number of anilines is 1. The number of carbonyl (C=O) groups is 1. The highest BCUT2D eigenvalue weighted by Gasteiger charge is 1.97. The molecule has 0 aliphatic carbocycles. The van der Waals surface area contributed by atoms with Crippen molar-refractivity contribution in [3.63, 3.8) is 0 Å². The molecule has 80 valence electrons. The number of hydrogen-bond donors (Lipinski definition) is 1. The molecule has 2 N–H and O–H groups in total. The second-order valence-corrected chi connectivity index (χ2v) is 3.27. The van der Waals surface area contributed by atoms with Gasteiger partial charge in [-0.05, 0) is 30.7 Å². The van der Waals surface area contributed by atoms with Gasteiger partial charge in [-0.2, -0.15) is 0 Å². The fourth-order valence-electron chi connectivity index (χ4n) is 1.00. The van der Waals surface area contributed by atoms with Crippen LogP contribution in [0.25, 0.3) is 6.08 Å². The predicted octanol–water partition coefficient (Wildman–Crippen LogP) is 2.50. The van der Waals surface area contributed by atoms with E-state index in [-0.39, 0.29) is 5.97 Å². The standard InChI is InChI=1S/C11H12ClNO2/c1-2-15-11(14)6-4-8-3-5-10(13)9(12)7-8/h3-7H,2,13H2,1H3. The van der Waals surface area contributed by atoms with E-state index in [2.05, 4.69) is 0 Å². The van der Waals surface area contributed by atoms with Gasteiger partial charge in [0.2, 0.25) is 0 Å². The van der Waals surface area contributed by atoms with Crippen LogP contribution in [0, 0.1) is 0 Å². The van der Waals surface area contributed by atoms with E-state index in [0.717, 1.165) is 5.56 Å². The molecule has 0 aliphatic rings. The van der Waals surface area contributed by atoms with Crippen LogP contribution in [-0.2, 0) is 9.53 Å². The van der Waals surface area contributed by atoms with Crippen LogP contribution in [0.3, 0.4) is 0 Å². The first-order chi connectivity index (χ1) is 7.13. The van der Waals surface area contributed by atoms with Gasteiger partial charge in [-0.3, -0.25) is 0 Å². The lowest BCUT2D eigenvalue weighted by Gasteiger charge is -1.99. The molecule has 0 radical (unpaired) electrons. The lowest BCUT2D eigenvalue weighted by Crippen LogP contribution is -1.98. The van der Waals surface area contributed by atoms with E-state index in [1.807, 2.05) is 0 Å². The number of nitrogen functional groups attached to an aromatic ring is 1. The van der Waals surface area contributed by atoms with Gasteiger partial charge in [0.05, 0.1) is 17.3 Å².